The van der Waals surface area contributed by atoms with Gasteiger partial charge in [-0.05, 0) is 29.5 Å². The normalized spacial score (nSPS) is 30.0. The lowest BCUT2D eigenvalue weighted by atomic mass is 9.95. The highest BCUT2D eigenvalue weighted by molar-refractivity contribution is 9.09. The van der Waals surface area contributed by atoms with Crippen LogP contribution in [0, 0.1) is 5.92 Å². The van der Waals surface area contributed by atoms with Crippen molar-refractivity contribution in [3.63, 3.8) is 0 Å². The predicted molar refractivity (Wildman–Crippen MR) is 60.9 cm³/mol. The lowest BCUT2D eigenvalue weighted by Crippen LogP contribution is -2.18. The summed E-state index contributed by atoms with van der Waals surface area (Å²) in [5.74, 6) is 0.356. The summed E-state index contributed by atoms with van der Waals surface area (Å²) in [5.41, 5.74) is 0.635. The summed E-state index contributed by atoms with van der Waals surface area (Å²) < 4.78 is 0. The average Bonchev–Trinajstić information content (AvgIpc) is 2.94. The third kappa shape index (κ3) is 1.41. The summed E-state index contributed by atoms with van der Waals surface area (Å²) in [6.07, 6.45) is 0.866. The maximum atomic E-state index is 11.4. The second kappa shape index (κ2) is 3.67. The Bertz CT molecular complexity index is 352. The van der Waals surface area contributed by atoms with Crippen molar-refractivity contribution in [3.8, 4) is 0 Å². The molecule has 0 N–H and O–H groups in total. The van der Waals surface area contributed by atoms with Crippen LogP contribution in [-0.4, -0.2) is 10.6 Å². The van der Waals surface area contributed by atoms with E-state index in [1.165, 1.54) is 0 Å². The number of benzene rings is 1. The van der Waals surface area contributed by atoms with E-state index < -0.39 is 5.41 Å². The van der Waals surface area contributed by atoms with Gasteiger partial charge in [0.15, 0.2) is 0 Å². The standard InChI is InChI=1S/C11H10BrClO/c12-7-9-6-11(9,10(13)14)8-4-2-1-3-5-8/h1-5,9H,6-7H2. The van der Waals surface area contributed by atoms with Crippen LogP contribution in [0.15, 0.2) is 30.3 Å². The maximum Gasteiger partial charge on any atom is 0.232 e. The SMILES string of the molecule is O=C(Cl)C1(c2ccccc2)CC1CBr. The van der Waals surface area contributed by atoms with Crippen LogP contribution in [0.1, 0.15) is 12.0 Å². The molecule has 0 amide bonds. The zero-order valence-electron chi connectivity index (χ0n) is 7.54. The molecule has 0 heterocycles. The highest BCUT2D eigenvalue weighted by atomic mass is 79.9. The van der Waals surface area contributed by atoms with Crippen LogP contribution in [0.4, 0.5) is 0 Å². The van der Waals surface area contributed by atoms with Crippen molar-refractivity contribution in [2.75, 3.05) is 5.33 Å². The molecule has 1 aliphatic rings. The van der Waals surface area contributed by atoms with Crippen LogP contribution in [0.25, 0.3) is 0 Å². The first-order valence-corrected chi connectivity index (χ1v) is 6.03. The maximum absolute atomic E-state index is 11.4. The van der Waals surface area contributed by atoms with Crippen molar-refractivity contribution in [2.45, 2.75) is 11.8 Å². The molecular weight excluding hydrogens is 263 g/mol. The van der Waals surface area contributed by atoms with Gasteiger partial charge >= 0.3 is 0 Å². The van der Waals surface area contributed by atoms with Crippen LogP contribution in [0.2, 0.25) is 0 Å². The fourth-order valence-electron chi connectivity index (χ4n) is 1.96. The minimum absolute atomic E-state index is 0.229. The molecule has 0 radical (unpaired) electrons. The molecule has 0 saturated heterocycles. The lowest BCUT2D eigenvalue weighted by Gasteiger charge is -2.11. The number of alkyl halides is 1. The second-order valence-corrected chi connectivity index (χ2v) is 4.66. The quantitative estimate of drug-likeness (QED) is 0.611. The van der Waals surface area contributed by atoms with E-state index in [0.29, 0.717) is 5.92 Å². The smallest absolute Gasteiger partial charge is 0.232 e. The van der Waals surface area contributed by atoms with Gasteiger partial charge in [0, 0.05) is 5.33 Å². The molecular formula is C11H10BrClO. The van der Waals surface area contributed by atoms with Gasteiger partial charge in [0.05, 0.1) is 5.41 Å². The van der Waals surface area contributed by atoms with E-state index in [0.717, 1.165) is 17.3 Å². The minimum atomic E-state index is -0.410. The van der Waals surface area contributed by atoms with E-state index in [9.17, 15) is 4.79 Å². The first kappa shape index (κ1) is 10.2. The summed E-state index contributed by atoms with van der Waals surface area (Å²) in [6, 6.07) is 9.79. The van der Waals surface area contributed by atoms with Crippen molar-refractivity contribution in [1.82, 2.24) is 0 Å². The van der Waals surface area contributed by atoms with Gasteiger partial charge in [0.1, 0.15) is 0 Å². The van der Waals surface area contributed by atoms with Gasteiger partial charge in [-0.25, -0.2) is 0 Å². The molecule has 2 unspecified atom stereocenters. The van der Waals surface area contributed by atoms with Gasteiger partial charge in [-0.2, -0.15) is 0 Å². The highest BCUT2D eigenvalue weighted by Crippen LogP contribution is 2.56. The van der Waals surface area contributed by atoms with Crippen LogP contribution in [0.5, 0.6) is 0 Å². The van der Waals surface area contributed by atoms with Crippen LogP contribution in [0.3, 0.4) is 0 Å². The highest BCUT2D eigenvalue weighted by Gasteiger charge is 2.59. The van der Waals surface area contributed by atoms with Gasteiger partial charge in [-0.15, -0.1) is 0 Å². The van der Waals surface area contributed by atoms with E-state index >= 15 is 0 Å². The van der Waals surface area contributed by atoms with Gasteiger partial charge in [0.2, 0.25) is 5.24 Å². The Labute approximate surface area is 96.6 Å². The largest absolute Gasteiger partial charge is 0.280 e. The summed E-state index contributed by atoms with van der Waals surface area (Å²) in [7, 11) is 0. The zero-order valence-corrected chi connectivity index (χ0v) is 9.88. The molecule has 3 heteroatoms. The van der Waals surface area contributed by atoms with E-state index in [2.05, 4.69) is 15.9 Å². The predicted octanol–water partition coefficient (Wildman–Crippen LogP) is 3.10. The van der Waals surface area contributed by atoms with E-state index in [1.54, 1.807) is 0 Å². The van der Waals surface area contributed by atoms with Gasteiger partial charge in [0.25, 0.3) is 0 Å². The number of hydrogen-bond acceptors (Lipinski definition) is 1. The first-order valence-electron chi connectivity index (χ1n) is 4.53. The molecule has 0 aliphatic heterocycles. The fourth-order valence-corrected chi connectivity index (χ4v) is 3.08. The topological polar surface area (TPSA) is 17.1 Å². The monoisotopic (exact) mass is 272 g/mol. The van der Waals surface area contributed by atoms with Crippen molar-refractivity contribution in [2.24, 2.45) is 5.92 Å². The summed E-state index contributed by atoms with van der Waals surface area (Å²) in [5, 5.41) is 0.605. The molecule has 1 aromatic rings. The molecule has 1 fully saturated rings. The lowest BCUT2D eigenvalue weighted by molar-refractivity contribution is -0.114. The zero-order chi connectivity index (χ0) is 10.2. The Morgan fingerprint density at radius 3 is 2.57 bits per heavy atom. The third-order valence-electron chi connectivity index (χ3n) is 2.93. The van der Waals surface area contributed by atoms with E-state index in [4.69, 9.17) is 11.6 Å². The second-order valence-electron chi connectivity index (χ2n) is 3.67. The van der Waals surface area contributed by atoms with Gasteiger partial charge in [-0.3, -0.25) is 4.79 Å². The molecule has 2 rings (SSSR count). The van der Waals surface area contributed by atoms with Crippen LogP contribution >= 0.6 is 27.5 Å². The third-order valence-corrected chi connectivity index (χ3v) is 4.05. The molecule has 0 spiro atoms. The molecule has 1 aromatic carbocycles. The molecule has 1 aliphatic carbocycles. The Morgan fingerprint density at radius 1 is 1.50 bits per heavy atom. The number of halogens is 2. The number of carbonyl (C=O) groups excluding carboxylic acids is 1. The number of hydrogen-bond donors (Lipinski definition) is 0. The number of rotatable bonds is 3. The fraction of sp³-hybridized carbons (Fsp3) is 0.364. The molecule has 14 heavy (non-hydrogen) atoms. The molecule has 0 aromatic heterocycles. The van der Waals surface area contributed by atoms with Crippen molar-refractivity contribution < 1.29 is 4.79 Å². The van der Waals surface area contributed by atoms with E-state index in [-0.39, 0.29) is 5.24 Å². The van der Waals surface area contributed by atoms with Gasteiger partial charge in [-0.1, -0.05) is 46.3 Å². The Hall–Kier alpha value is -0.340. The van der Waals surface area contributed by atoms with Gasteiger partial charge < -0.3 is 0 Å². The van der Waals surface area contributed by atoms with Crippen LogP contribution in [-0.2, 0) is 10.2 Å². The molecule has 74 valence electrons. The Balaban J connectivity index is 2.36. The summed E-state index contributed by atoms with van der Waals surface area (Å²) in [4.78, 5) is 11.4. The molecule has 1 saturated carbocycles. The van der Waals surface area contributed by atoms with E-state index in [1.807, 2.05) is 30.3 Å². The van der Waals surface area contributed by atoms with Crippen molar-refractivity contribution in [1.29, 1.82) is 0 Å². The molecule has 2 atom stereocenters. The molecule has 0 bridgehead atoms. The Morgan fingerprint density at radius 2 is 2.14 bits per heavy atom. The first-order chi connectivity index (χ1) is 6.71. The molecule has 1 nitrogen and oxygen atoms in total. The average molecular weight is 274 g/mol. The summed E-state index contributed by atoms with van der Waals surface area (Å²) in [6.45, 7) is 0. The van der Waals surface area contributed by atoms with Crippen molar-refractivity contribution in [3.05, 3.63) is 35.9 Å². The van der Waals surface area contributed by atoms with Crippen molar-refractivity contribution >= 4 is 32.8 Å². The van der Waals surface area contributed by atoms with Crippen LogP contribution < -0.4 is 0 Å². The minimum Gasteiger partial charge on any atom is -0.280 e. The Kier molecular flexibility index (Phi) is 2.67. The summed E-state index contributed by atoms with van der Waals surface area (Å²) >= 11 is 9.09. The number of carbonyl (C=O) groups is 1.